The highest BCUT2D eigenvalue weighted by atomic mass is 16.2. The molecule has 0 spiro atoms. The molecule has 0 radical (unpaired) electrons. The Hall–Kier alpha value is -3.45. The number of carbonyl (C=O) groups excluding carboxylic acids is 1. The van der Waals surface area contributed by atoms with Crippen molar-refractivity contribution in [1.82, 2.24) is 4.98 Å². The van der Waals surface area contributed by atoms with Gasteiger partial charge in [0.15, 0.2) is 0 Å². The van der Waals surface area contributed by atoms with Gasteiger partial charge in [0.2, 0.25) is 5.91 Å². The third-order valence-corrected chi connectivity index (χ3v) is 4.85. The molecule has 1 aromatic heterocycles. The second-order valence-corrected chi connectivity index (χ2v) is 6.53. The third-order valence-electron chi connectivity index (χ3n) is 4.85. The summed E-state index contributed by atoms with van der Waals surface area (Å²) in [5.74, 6) is 0.0674. The van der Waals surface area contributed by atoms with E-state index in [-0.39, 0.29) is 5.91 Å². The van der Waals surface area contributed by atoms with Crippen molar-refractivity contribution in [3.8, 4) is 28.5 Å². The van der Waals surface area contributed by atoms with Gasteiger partial charge in [-0.3, -0.25) is 9.78 Å². The lowest BCUT2D eigenvalue weighted by atomic mass is 9.92. The fraction of sp³-hybridized carbons (Fsp3) is 0.136. The Morgan fingerprint density at radius 1 is 1.04 bits per heavy atom. The number of aryl methyl sites for hydroxylation is 1. The standard InChI is InChI=1S/C22H17N3O/c1-14-3-7-17(8-4-14)22-21(16-9-5-15(12-23)6-10-16)18-11-20(26)25(2)19(18)13-24-22/h3-10,13H,11H2,1-2H3. The van der Waals surface area contributed by atoms with Crippen molar-refractivity contribution < 1.29 is 4.79 Å². The first kappa shape index (κ1) is 16.0. The topological polar surface area (TPSA) is 57.0 Å². The Labute approximate surface area is 152 Å². The zero-order chi connectivity index (χ0) is 18.3. The molecule has 1 amide bonds. The maximum Gasteiger partial charge on any atom is 0.231 e. The number of likely N-dealkylation sites (N-methyl/N-ethyl adjacent to an activating group) is 1. The van der Waals surface area contributed by atoms with Gasteiger partial charge in [-0.25, -0.2) is 0 Å². The van der Waals surface area contributed by atoms with Gasteiger partial charge >= 0.3 is 0 Å². The lowest BCUT2D eigenvalue weighted by Crippen LogP contribution is -2.20. The van der Waals surface area contributed by atoms with Crippen LogP contribution >= 0.6 is 0 Å². The highest BCUT2D eigenvalue weighted by molar-refractivity contribution is 6.04. The number of hydrogen-bond acceptors (Lipinski definition) is 3. The molecule has 3 aromatic rings. The Morgan fingerprint density at radius 3 is 2.35 bits per heavy atom. The molecule has 2 aromatic carbocycles. The average Bonchev–Trinajstić information content (AvgIpc) is 2.96. The molecule has 1 aliphatic rings. The predicted molar refractivity (Wildman–Crippen MR) is 102 cm³/mol. The number of hydrogen-bond donors (Lipinski definition) is 0. The van der Waals surface area contributed by atoms with Crippen LogP contribution in [0.4, 0.5) is 5.69 Å². The van der Waals surface area contributed by atoms with Gasteiger partial charge in [0.1, 0.15) is 0 Å². The SMILES string of the molecule is Cc1ccc(-c2ncc3c(c2-c2ccc(C#N)cc2)CC(=O)N3C)cc1. The number of nitrogens with zero attached hydrogens (tertiary/aromatic N) is 3. The molecule has 0 N–H and O–H groups in total. The largest absolute Gasteiger partial charge is 0.313 e. The van der Waals surface area contributed by atoms with Gasteiger partial charge in [0, 0.05) is 18.2 Å². The minimum absolute atomic E-state index is 0.0674. The molecular formula is C22H17N3O. The molecule has 126 valence electrons. The highest BCUT2D eigenvalue weighted by Gasteiger charge is 2.29. The van der Waals surface area contributed by atoms with Crippen molar-refractivity contribution in [1.29, 1.82) is 5.26 Å². The quantitative estimate of drug-likeness (QED) is 0.706. The molecule has 0 bridgehead atoms. The van der Waals surface area contributed by atoms with Crippen LogP contribution in [0.2, 0.25) is 0 Å². The van der Waals surface area contributed by atoms with Crippen LogP contribution in [0.25, 0.3) is 22.4 Å². The van der Waals surface area contributed by atoms with Crippen LogP contribution < -0.4 is 4.90 Å². The van der Waals surface area contributed by atoms with Crippen molar-refractivity contribution >= 4 is 11.6 Å². The van der Waals surface area contributed by atoms with E-state index in [1.807, 2.05) is 12.1 Å². The van der Waals surface area contributed by atoms with Gasteiger partial charge in [0.25, 0.3) is 0 Å². The lowest BCUT2D eigenvalue weighted by molar-refractivity contribution is -0.117. The molecular weight excluding hydrogens is 322 g/mol. The predicted octanol–water partition coefficient (Wildman–Crippen LogP) is 4.11. The van der Waals surface area contributed by atoms with Crippen LogP contribution in [-0.2, 0) is 11.2 Å². The van der Waals surface area contributed by atoms with Gasteiger partial charge in [-0.05, 0) is 30.2 Å². The molecule has 0 saturated heterocycles. The van der Waals surface area contributed by atoms with Crippen LogP contribution in [0.15, 0.2) is 54.7 Å². The van der Waals surface area contributed by atoms with E-state index in [2.05, 4.69) is 37.3 Å². The van der Waals surface area contributed by atoms with E-state index in [1.54, 1.807) is 30.3 Å². The number of carbonyl (C=O) groups is 1. The summed E-state index contributed by atoms with van der Waals surface area (Å²) in [7, 11) is 1.78. The first-order valence-corrected chi connectivity index (χ1v) is 8.44. The third kappa shape index (κ3) is 2.55. The van der Waals surface area contributed by atoms with Crippen molar-refractivity contribution in [3.05, 3.63) is 71.4 Å². The molecule has 4 rings (SSSR count). The molecule has 1 aliphatic heterocycles. The number of anilines is 1. The molecule has 0 unspecified atom stereocenters. The Morgan fingerprint density at radius 2 is 1.69 bits per heavy atom. The number of fused-ring (bicyclic) bond motifs is 1. The number of aromatic nitrogens is 1. The summed E-state index contributed by atoms with van der Waals surface area (Å²) in [6, 6.07) is 17.8. The molecule has 4 nitrogen and oxygen atoms in total. The second kappa shape index (κ2) is 6.12. The summed E-state index contributed by atoms with van der Waals surface area (Å²) >= 11 is 0. The van der Waals surface area contributed by atoms with Crippen molar-refractivity contribution in [2.24, 2.45) is 0 Å². The van der Waals surface area contributed by atoms with E-state index in [4.69, 9.17) is 10.2 Å². The Bertz CT molecular complexity index is 1040. The fourth-order valence-electron chi connectivity index (χ4n) is 3.36. The first-order chi connectivity index (χ1) is 12.6. The lowest BCUT2D eigenvalue weighted by Gasteiger charge is -2.16. The fourth-order valence-corrected chi connectivity index (χ4v) is 3.36. The van der Waals surface area contributed by atoms with Crippen LogP contribution in [0.1, 0.15) is 16.7 Å². The maximum atomic E-state index is 12.3. The van der Waals surface area contributed by atoms with Crippen molar-refractivity contribution in [2.75, 3.05) is 11.9 Å². The summed E-state index contributed by atoms with van der Waals surface area (Å²) < 4.78 is 0. The van der Waals surface area contributed by atoms with Crippen molar-refractivity contribution in [2.45, 2.75) is 13.3 Å². The highest BCUT2D eigenvalue weighted by Crippen LogP contribution is 2.41. The number of pyridine rings is 1. The van der Waals surface area contributed by atoms with Gasteiger partial charge in [-0.2, -0.15) is 5.26 Å². The van der Waals surface area contributed by atoms with Crippen molar-refractivity contribution in [3.63, 3.8) is 0 Å². The molecule has 4 heteroatoms. The summed E-state index contributed by atoms with van der Waals surface area (Å²) in [5.41, 5.74) is 7.44. The van der Waals surface area contributed by atoms with E-state index in [0.29, 0.717) is 12.0 Å². The zero-order valence-corrected chi connectivity index (χ0v) is 14.7. The van der Waals surface area contributed by atoms with E-state index < -0.39 is 0 Å². The van der Waals surface area contributed by atoms with Crippen LogP contribution in [0.3, 0.4) is 0 Å². The van der Waals surface area contributed by atoms with Gasteiger partial charge < -0.3 is 4.90 Å². The van der Waals surface area contributed by atoms with Gasteiger partial charge in [-0.15, -0.1) is 0 Å². The number of amides is 1. The second-order valence-electron chi connectivity index (χ2n) is 6.53. The minimum atomic E-state index is 0.0674. The smallest absolute Gasteiger partial charge is 0.231 e. The van der Waals surface area contributed by atoms with Gasteiger partial charge in [0.05, 0.1) is 35.6 Å². The summed E-state index contributed by atoms with van der Waals surface area (Å²) in [6.07, 6.45) is 2.14. The molecule has 0 aliphatic carbocycles. The monoisotopic (exact) mass is 339 g/mol. The zero-order valence-electron chi connectivity index (χ0n) is 14.7. The molecule has 26 heavy (non-hydrogen) atoms. The van der Waals surface area contributed by atoms with Gasteiger partial charge in [-0.1, -0.05) is 42.0 Å². The number of nitriles is 1. The van der Waals surface area contributed by atoms with E-state index in [1.165, 1.54) is 5.56 Å². The summed E-state index contributed by atoms with van der Waals surface area (Å²) in [5, 5.41) is 9.07. The average molecular weight is 339 g/mol. The molecule has 0 fully saturated rings. The van der Waals surface area contributed by atoms with E-state index >= 15 is 0 Å². The number of rotatable bonds is 2. The maximum absolute atomic E-state index is 12.3. The van der Waals surface area contributed by atoms with Crippen LogP contribution in [0.5, 0.6) is 0 Å². The summed E-state index contributed by atoms with van der Waals surface area (Å²) in [6.45, 7) is 2.05. The molecule has 0 saturated carbocycles. The minimum Gasteiger partial charge on any atom is -0.313 e. The normalized spacial score (nSPS) is 12.8. The molecule has 2 heterocycles. The Balaban J connectivity index is 1.98. The van der Waals surface area contributed by atoms with Crippen LogP contribution in [-0.4, -0.2) is 17.9 Å². The molecule has 0 atom stereocenters. The van der Waals surface area contributed by atoms with E-state index in [0.717, 1.165) is 33.6 Å². The Kier molecular flexibility index (Phi) is 3.78. The first-order valence-electron chi connectivity index (χ1n) is 8.44. The number of benzene rings is 2. The van der Waals surface area contributed by atoms with E-state index in [9.17, 15) is 4.79 Å². The summed E-state index contributed by atoms with van der Waals surface area (Å²) in [4.78, 5) is 18.6. The van der Waals surface area contributed by atoms with Crippen LogP contribution in [0, 0.1) is 18.3 Å².